The molecule has 2 aromatic rings. The number of H-pyrrole nitrogens is 1. The van der Waals surface area contributed by atoms with Crippen molar-refractivity contribution in [3.8, 4) is 11.5 Å². The van der Waals surface area contributed by atoms with Crippen molar-refractivity contribution < 1.29 is 0 Å². The Bertz CT molecular complexity index is 568. The van der Waals surface area contributed by atoms with Gasteiger partial charge in [-0.2, -0.15) is 5.10 Å². The van der Waals surface area contributed by atoms with Gasteiger partial charge in [0.15, 0.2) is 10.6 Å². The van der Waals surface area contributed by atoms with Crippen molar-refractivity contribution in [2.24, 2.45) is 5.92 Å². The summed E-state index contributed by atoms with van der Waals surface area (Å²) in [5.74, 6) is 1.81. The molecule has 1 aliphatic rings. The molecule has 5 heteroatoms. The lowest BCUT2D eigenvalue weighted by Gasteiger charge is -2.05. The van der Waals surface area contributed by atoms with Crippen LogP contribution in [0.3, 0.4) is 0 Å². The summed E-state index contributed by atoms with van der Waals surface area (Å²) in [6.07, 6.45) is 7.06. The van der Waals surface area contributed by atoms with Gasteiger partial charge in [-0.3, -0.25) is 14.6 Å². The van der Waals surface area contributed by atoms with Gasteiger partial charge in [-0.25, -0.2) is 0 Å². The maximum absolute atomic E-state index is 5.28. The minimum absolute atomic E-state index is 0.687. The van der Waals surface area contributed by atoms with Crippen LogP contribution in [-0.2, 0) is 6.54 Å². The van der Waals surface area contributed by atoms with Crippen LogP contribution < -0.4 is 0 Å². The van der Waals surface area contributed by atoms with Crippen LogP contribution in [-0.4, -0.2) is 19.7 Å². The molecule has 18 heavy (non-hydrogen) atoms. The van der Waals surface area contributed by atoms with Crippen LogP contribution in [0.25, 0.3) is 11.5 Å². The largest absolute Gasteiger partial charge is 0.299 e. The average Bonchev–Trinajstić information content (AvgIpc) is 3.15. The van der Waals surface area contributed by atoms with Crippen LogP contribution in [0.4, 0.5) is 0 Å². The number of hydrogen-bond acceptors (Lipinski definition) is 3. The van der Waals surface area contributed by atoms with Gasteiger partial charge >= 0.3 is 0 Å². The zero-order valence-corrected chi connectivity index (χ0v) is 11.0. The van der Waals surface area contributed by atoms with E-state index in [1.54, 1.807) is 6.20 Å². The molecule has 1 saturated carbocycles. The highest BCUT2D eigenvalue weighted by Crippen LogP contribution is 2.33. The Morgan fingerprint density at radius 3 is 3.00 bits per heavy atom. The van der Waals surface area contributed by atoms with E-state index in [0.717, 1.165) is 24.0 Å². The SMILES string of the molecule is S=c1[nH]nc(-c2ccccn2)n1CCCC1CC1. The van der Waals surface area contributed by atoms with Gasteiger partial charge in [-0.1, -0.05) is 18.9 Å². The van der Waals surface area contributed by atoms with Gasteiger partial charge in [0.1, 0.15) is 5.69 Å². The third kappa shape index (κ3) is 2.51. The molecule has 0 bridgehead atoms. The van der Waals surface area contributed by atoms with E-state index in [1.807, 2.05) is 18.2 Å². The summed E-state index contributed by atoms with van der Waals surface area (Å²) < 4.78 is 2.74. The van der Waals surface area contributed by atoms with E-state index in [1.165, 1.54) is 25.7 Å². The molecule has 0 aromatic carbocycles. The molecule has 0 unspecified atom stereocenters. The van der Waals surface area contributed by atoms with Crippen LogP contribution >= 0.6 is 12.2 Å². The molecule has 2 heterocycles. The van der Waals surface area contributed by atoms with Crippen molar-refractivity contribution >= 4 is 12.2 Å². The first-order valence-corrected chi connectivity index (χ1v) is 6.82. The van der Waals surface area contributed by atoms with Gasteiger partial charge in [-0.05, 0) is 43.1 Å². The van der Waals surface area contributed by atoms with Crippen LogP contribution in [0.1, 0.15) is 25.7 Å². The number of hydrogen-bond donors (Lipinski definition) is 1. The Kier molecular flexibility index (Phi) is 3.23. The van der Waals surface area contributed by atoms with Crippen molar-refractivity contribution in [2.75, 3.05) is 0 Å². The van der Waals surface area contributed by atoms with Gasteiger partial charge in [0.25, 0.3) is 0 Å². The Morgan fingerprint density at radius 1 is 1.39 bits per heavy atom. The minimum atomic E-state index is 0.687. The number of aromatic nitrogens is 4. The number of pyridine rings is 1. The third-order valence-electron chi connectivity index (χ3n) is 3.34. The molecule has 0 saturated heterocycles. The van der Waals surface area contributed by atoms with E-state index in [4.69, 9.17) is 12.2 Å². The van der Waals surface area contributed by atoms with Gasteiger partial charge in [-0.15, -0.1) is 0 Å². The second-order valence-electron chi connectivity index (χ2n) is 4.80. The second kappa shape index (κ2) is 5.02. The topological polar surface area (TPSA) is 46.5 Å². The lowest BCUT2D eigenvalue weighted by molar-refractivity contribution is 0.575. The fourth-order valence-corrected chi connectivity index (χ4v) is 2.38. The normalized spacial score (nSPS) is 14.9. The zero-order chi connectivity index (χ0) is 12.4. The maximum Gasteiger partial charge on any atom is 0.195 e. The molecule has 0 amide bonds. The zero-order valence-electron chi connectivity index (χ0n) is 10.2. The molecule has 0 radical (unpaired) electrons. The monoisotopic (exact) mass is 260 g/mol. The first kappa shape index (κ1) is 11.6. The van der Waals surface area contributed by atoms with E-state index in [-0.39, 0.29) is 0 Å². The van der Waals surface area contributed by atoms with Crippen molar-refractivity contribution in [1.29, 1.82) is 0 Å². The molecule has 1 fully saturated rings. The van der Waals surface area contributed by atoms with E-state index < -0.39 is 0 Å². The number of aromatic amines is 1. The van der Waals surface area contributed by atoms with Gasteiger partial charge in [0, 0.05) is 12.7 Å². The molecule has 4 nitrogen and oxygen atoms in total. The van der Waals surface area contributed by atoms with Gasteiger partial charge in [0.2, 0.25) is 0 Å². The average molecular weight is 260 g/mol. The predicted octanol–water partition coefficient (Wildman–Crippen LogP) is 3.19. The molecule has 1 aliphatic carbocycles. The highest BCUT2D eigenvalue weighted by atomic mass is 32.1. The summed E-state index contributed by atoms with van der Waals surface area (Å²) in [5, 5.41) is 7.15. The van der Waals surface area contributed by atoms with Crippen molar-refractivity contribution in [2.45, 2.75) is 32.2 Å². The van der Waals surface area contributed by atoms with E-state index in [0.29, 0.717) is 4.77 Å². The number of nitrogens with one attached hydrogen (secondary N) is 1. The van der Waals surface area contributed by atoms with E-state index >= 15 is 0 Å². The smallest absolute Gasteiger partial charge is 0.195 e. The predicted molar refractivity (Wildman–Crippen MR) is 72.6 cm³/mol. The molecule has 0 aliphatic heterocycles. The van der Waals surface area contributed by atoms with Crippen molar-refractivity contribution in [3.63, 3.8) is 0 Å². The Labute approximate surface area is 111 Å². The summed E-state index contributed by atoms with van der Waals surface area (Å²) in [6, 6.07) is 5.83. The van der Waals surface area contributed by atoms with E-state index in [9.17, 15) is 0 Å². The quantitative estimate of drug-likeness (QED) is 0.840. The first-order valence-electron chi connectivity index (χ1n) is 6.41. The summed E-state index contributed by atoms with van der Waals surface area (Å²) in [7, 11) is 0. The molecule has 1 N–H and O–H groups in total. The van der Waals surface area contributed by atoms with Crippen molar-refractivity contribution in [1.82, 2.24) is 19.7 Å². The van der Waals surface area contributed by atoms with Crippen LogP contribution in [0.15, 0.2) is 24.4 Å². The Hall–Kier alpha value is -1.49. The third-order valence-corrected chi connectivity index (χ3v) is 3.65. The standard InChI is InChI=1S/C13H16N4S/c18-13-16-15-12(11-5-1-2-8-14-11)17(13)9-3-4-10-6-7-10/h1-2,5,8,10H,3-4,6-7,9H2,(H,16,18). The van der Waals surface area contributed by atoms with Gasteiger partial charge < -0.3 is 0 Å². The van der Waals surface area contributed by atoms with Crippen LogP contribution in [0.5, 0.6) is 0 Å². The van der Waals surface area contributed by atoms with Crippen LogP contribution in [0, 0.1) is 10.7 Å². The second-order valence-corrected chi connectivity index (χ2v) is 5.19. The fourth-order valence-electron chi connectivity index (χ4n) is 2.16. The molecule has 3 rings (SSSR count). The van der Waals surface area contributed by atoms with E-state index in [2.05, 4.69) is 19.7 Å². The van der Waals surface area contributed by atoms with Crippen LogP contribution in [0.2, 0.25) is 0 Å². The Morgan fingerprint density at radius 2 is 2.28 bits per heavy atom. The lowest BCUT2D eigenvalue weighted by atomic mass is 10.2. The summed E-state index contributed by atoms with van der Waals surface area (Å²) in [5.41, 5.74) is 0.872. The number of rotatable bonds is 5. The molecule has 94 valence electrons. The van der Waals surface area contributed by atoms with Gasteiger partial charge in [0.05, 0.1) is 0 Å². The fraction of sp³-hybridized carbons (Fsp3) is 0.462. The highest BCUT2D eigenvalue weighted by molar-refractivity contribution is 7.71. The molecule has 0 spiro atoms. The highest BCUT2D eigenvalue weighted by Gasteiger charge is 2.20. The summed E-state index contributed by atoms with van der Waals surface area (Å²) in [4.78, 5) is 4.33. The van der Waals surface area contributed by atoms with Crippen molar-refractivity contribution in [3.05, 3.63) is 29.2 Å². The first-order chi connectivity index (χ1) is 8.84. The minimum Gasteiger partial charge on any atom is -0.299 e. The molecular weight excluding hydrogens is 244 g/mol. The summed E-state index contributed by atoms with van der Waals surface area (Å²) >= 11 is 5.28. The summed E-state index contributed by atoms with van der Waals surface area (Å²) in [6.45, 7) is 0.928. The molecule has 2 aromatic heterocycles. The number of nitrogens with zero attached hydrogens (tertiary/aromatic N) is 3. The Balaban J connectivity index is 1.79. The molecular formula is C13H16N4S. The molecule has 0 atom stereocenters. The maximum atomic E-state index is 5.28. The lowest BCUT2D eigenvalue weighted by Crippen LogP contribution is -2.02.